The van der Waals surface area contributed by atoms with Crippen molar-refractivity contribution in [3.8, 4) is 0 Å². The van der Waals surface area contributed by atoms with Crippen LogP contribution >= 0.6 is 7.82 Å². The van der Waals surface area contributed by atoms with Crippen LogP contribution in [0.1, 0.15) is 129 Å². The summed E-state index contributed by atoms with van der Waals surface area (Å²) in [6.07, 6.45) is 23.9. The molecule has 0 spiro atoms. The number of phosphoric ester groups is 1. The van der Waals surface area contributed by atoms with E-state index in [1.54, 1.807) is 4.90 Å². The van der Waals surface area contributed by atoms with Crippen molar-refractivity contribution in [1.82, 2.24) is 10.2 Å². The monoisotopic (exact) mass is 578 g/mol. The number of rotatable bonds is 28. The fraction of sp³-hybridized carbons (Fsp3) is 0.967. The van der Waals surface area contributed by atoms with Gasteiger partial charge in [-0.1, -0.05) is 116 Å². The smallest absolute Gasteiger partial charge is 0.338 e. The molecule has 0 saturated heterocycles. The van der Waals surface area contributed by atoms with Crippen LogP contribution < -0.4 is 5.32 Å². The van der Waals surface area contributed by atoms with Crippen LogP contribution in [0.5, 0.6) is 0 Å². The molecule has 0 fully saturated rings. The SMILES string of the molecule is CCCCCCCCCCCCCCCCCCCCN(CCOP(=O)(O)OCC[N+](C)(C)C)C(=O)NCC. The van der Waals surface area contributed by atoms with Crippen LogP contribution in [-0.2, 0) is 13.6 Å². The van der Waals surface area contributed by atoms with Gasteiger partial charge in [0.2, 0.25) is 0 Å². The number of nitrogens with one attached hydrogen (secondary N) is 1. The first-order valence-corrected chi connectivity index (χ1v) is 17.6. The molecule has 0 aliphatic rings. The predicted molar refractivity (Wildman–Crippen MR) is 164 cm³/mol. The first-order chi connectivity index (χ1) is 18.6. The van der Waals surface area contributed by atoms with Crippen LogP contribution in [0.15, 0.2) is 0 Å². The number of nitrogens with zero attached hydrogens (tertiary/aromatic N) is 2. The fourth-order valence-electron chi connectivity index (χ4n) is 4.52. The fourth-order valence-corrected chi connectivity index (χ4v) is 5.22. The highest BCUT2D eigenvalue weighted by Gasteiger charge is 2.23. The summed E-state index contributed by atoms with van der Waals surface area (Å²) in [5, 5.41) is 2.82. The van der Waals surface area contributed by atoms with E-state index in [9.17, 15) is 14.3 Å². The number of quaternary nitrogens is 1. The second kappa shape index (κ2) is 25.1. The van der Waals surface area contributed by atoms with Crippen molar-refractivity contribution in [2.75, 3.05) is 60.5 Å². The lowest BCUT2D eigenvalue weighted by molar-refractivity contribution is -0.870. The maximum absolute atomic E-state index is 12.4. The Hall–Kier alpha value is -0.660. The van der Waals surface area contributed by atoms with E-state index in [1.165, 1.54) is 103 Å². The third-order valence-corrected chi connectivity index (χ3v) is 8.05. The largest absolute Gasteiger partial charge is 0.472 e. The van der Waals surface area contributed by atoms with Crippen LogP contribution in [0, 0.1) is 0 Å². The zero-order chi connectivity index (χ0) is 29.2. The van der Waals surface area contributed by atoms with Crippen molar-refractivity contribution in [1.29, 1.82) is 0 Å². The number of likely N-dealkylation sites (N-methyl/N-ethyl adjacent to an activating group) is 1. The Morgan fingerprint density at radius 2 is 1.10 bits per heavy atom. The summed E-state index contributed by atoms with van der Waals surface area (Å²) >= 11 is 0. The zero-order valence-electron chi connectivity index (χ0n) is 26.4. The minimum Gasteiger partial charge on any atom is -0.338 e. The second-order valence-corrected chi connectivity index (χ2v) is 13.4. The van der Waals surface area contributed by atoms with Gasteiger partial charge in [-0.2, -0.15) is 0 Å². The Labute approximate surface area is 241 Å². The molecule has 9 heteroatoms. The number of hydrogen-bond donors (Lipinski definition) is 2. The molecule has 0 aliphatic heterocycles. The lowest BCUT2D eigenvalue weighted by atomic mass is 10.0. The van der Waals surface area contributed by atoms with Crippen LogP contribution in [0.2, 0.25) is 0 Å². The normalized spacial score (nSPS) is 13.4. The molecule has 0 heterocycles. The molecule has 39 heavy (non-hydrogen) atoms. The quantitative estimate of drug-likeness (QED) is 0.0560. The van der Waals surface area contributed by atoms with Gasteiger partial charge in [-0.05, 0) is 13.3 Å². The molecule has 234 valence electrons. The molecule has 0 saturated carbocycles. The van der Waals surface area contributed by atoms with Gasteiger partial charge in [-0.15, -0.1) is 0 Å². The lowest BCUT2D eigenvalue weighted by Crippen LogP contribution is -2.42. The highest BCUT2D eigenvalue weighted by Crippen LogP contribution is 2.42. The molecule has 2 amide bonds. The molecule has 0 aromatic carbocycles. The van der Waals surface area contributed by atoms with Crippen molar-refractivity contribution >= 4 is 13.9 Å². The molecule has 2 N–H and O–H groups in total. The van der Waals surface area contributed by atoms with Gasteiger partial charge in [0.1, 0.15) is 13.2 Å². The number of unbranched alkanes of at least 4 members (excludes halogenated alkanes) is 17. The third kappa shape index (κ3) is 27.3. The zero-order valence-corrected chi connectivity index (χ0v) is 27.3. The first-order valence-electron chi connectivity index (χ1n) is 16.1. The maximum atomic E-state index is 12.4. The standard InChI is InChI=1S/C30H64N3O5P/c1-6-8-9-10-11-12-13-14-15-16-17-18-19-20-21-22-23-24-25-32(30(34)31-7-2)26-28-37-39(35,36)38-29-27-33(3,4)5/h6-29H2,1-5H3,(H-,31,34,35,36)/p+1. The Morgan fingerprint density at radius 1 is 0.692 bits per heavy atom. The topological polar surface area (TPSA) is 88.1 Å². The first kappa shape index (κ1) is 38.3. The van der Waals surface area contributed by atoms with Crippen LogP contribution in [0.25, 0.3) is 0 Å². The summed E-state index contributed by atoms with van der Waals surface area (Å²) in [5.41, 5.74) is 0. The highest BCUT2D eigenvalue weighted by molar-refractivity contribution is 7.47. The molecule has 0 aromatic rings. The molecule has 1 atom stereocenters. The van der Waals surface area contributed by atoms with Crippen molar-refractivity contribution in [2.24, 2.45) is 0 Å². The summed E-state index contributed by atoms with van der Waals surface area (Å²) in [5.74, 6) is 0. The number of amides is 2. The number of phosphoric acid groups is 1. The number of hydrogen-bond acceptors (Lipinski definition) is 4. The number of urea groups is 1. The van der Waals surface area contributed by atoms with Gasteiger partial charge >= 0.3 is 13.9 Å². The van der Waals surface area contributed by atoms with Crippen LogP contribution in [0.3, 0.4) is 0 Å². The van der Waals surface area contributed by atoms with Crippen molar-refractivity contribution in [3.05, 3.63) is 0 Å². The molecule has 0 radical (unpaired) electrons. The van der Waals surface area contributed by atoms with Gasteiger partial charge in [0.25, 0.3) is 0 Å². The van der Waals surface area contributed by atoms with E-state index in [0.29, 0.717) is 24.1 Å². The van der Waals surface area contributed by atoms with Crippen molar-refractivity contribution in [2.45, 2.75) is 129 Å². The van der Waals surface area contributed by atoms with Gasteiger partial charge in [0.05, 0.1) is 27.7 Å². The molecule has 1 unspecified atom stereocenters. The molecular formula is C30H65N3O5P+. The van der Waals surface area contributed by atoms with Crippen LogP contribution in [-0.4, -0.2) is 80.8 Å². The van der Waals surface area contributed by atoms with E-state index in [2.05, 4.69) is 12.2 Å². The van der Waals surface area contributed by atoms with E-state index in [4.69, 9.17) is 9.05 Å². The summed E-state index contributed by atoms with van der Waals surface area (Å²) in [6, 6.07) is -0.160. The molecule has 0 aromatic heterocycles. The lowest BCUT2D eigenvalue weighted by Gasteiger charge is -2.25. The molecule has 8 nitrogen and oxygen atoms in total. The summed E-state index contributed by atoms with van der Waals surface area (Å²) in [7, 11) is 1.83. The minimum absolute atomic E-state index is 0.0334. The highest BCUT2D eigenvalue weighted by atomic mass is 31.2. The van der Waals surface area contributed by atoms with Crippen molar-refractivity contribution in [3.63, 3.8) is 0 Å². The van der Waals surface area contributed by atoms with Crippen LogP contribution in [0.4, 0.5) is 4.79 Å². The average molecular weight is 579 g/mol. The summed E-state index contributed by atoms with van der Waals surface area (Å²) in [4.78, 5) is 23.9. The Kier molecular flexibility index (Phi) is 24.7. The second-order valence-electron chi connectivity index (χ2n) is 12.0. The number of carbonyl (C=O) groups is 1. The Morgan fingerprint density at radius 3 is 1.51 bits per heavy atom. The molecular weight excluding hydrogens is 513 g/mol. The predicted octanol–water partition coefficient (Wildman–Crippen LogP) is 7.90. The number of carbonyl (C=O) groups excluding carboxylic acids is 1. The summed E-state index contributed by atoms with van der Waals surface area (Å²) in [6.45, 7) is 6.27. The van der Waals surface area contributed by atoms with Gasteiger partial charge in [0.15, 0.2) is 0 Å². The maximum Gasteiger partial charge on any atom is 0.472 e. The third-order valence-electron chi connectivity index (χ3n) is 7.03. The van der Waals surface area contributed by atoms with Gasteiger partial charge in [0, 0.05) is 19.6 Å². The van der Waals surface area contributed by atoms with E-state index in [0.717, 1.165) is 12.8 Å². The van der Waals surface area contributed by atoms with Gasteiger partial charge < -0.3 is 19.6 Å². The molecule has 0 aliphatic carbocycles. The van der Waals surface area contributed by atoms with E-state index >= 15 is 0 Å². The molecule has 0 bridgehead atoms. The van der Waals surface area contributed by atoms with Gasteiger partial charge in [-0.3, -0.25) is 9.05 Å². The van der Waals surface area contributed by atoms with E-state index in [1.807, 2.05) is 28.1 Å². The van der Waals surface area contributed by atoms with Gasteiger partial charge in [-0.25, -0.2) is 9.36 Å². The minimum atomic E-state index is -4.12. The van der Waals surface area contributed by atoms with Crippen molar-refractivity contribution < 1.29 is 27.8 Å². The Bertz CT molecular complexity index is 616. The Balaban J connectivity index is 3.81. The van der Waals surface area contributed by atoms with E-state index < -0.39 is 7.82 Å². The van der Waals surface area contributed by atoms with E-state index in [-0.39, 0.29) is 25.8 Å². The molecule has 0 rings (SSSR count). The average Bonchev–Trinajstić information content (AvgIpc) is 2.86. The summed E-state index contributed by atoms with van der Waals surface area (Å²) < 4.78 is 22.9.